The number of ether oxygens (including phenoxy) is 2. The van der Waals surface area contributed by atoms with Crippen molar-refractivity contribution in [2.45, 2.75) is 108 Å². The van der Waals surface area contributed by atoms with Crippen LogP contribution < -0.4 is 13.7 Å². The molecular formula is C33H43F5N2O6S. The molecule has 14 heteroatoms. The van der Waals surface area contributed by atoms with E-state index in [1.165, 1.54) is 31.4 Å². The van der Waals surface area contributed by atoms with Gasteiger partial charge in [-0.2, -0.15) is 21.6 Å². The first-order chi connectivity index (χ1) is 22.3. The van der Waals surface area contributed by atoms with Crippen LogP contribution in [0.4, 0.5) is 22.0 Å². The summed E-state index contributed by atoms with van der Waals surface area (Å²) in [7, 11) is -5.85. The second-order valence-corrected chi connectivity index (χ2v) is 14.2. The molecule has 0 amide bonds. The standard InChI is InChI=1S/C17H21F4NO4S.C16H22FNO2/c1-2-8-22(11-4-3-5-11)12-9-13-15(26-27(23,24)17(19,20)21)7-6-14(18)16(13)25-10-12;1-2-8-18(11-4-3-5-11)12-9-13-15(19)7-6-14(17)16(13)20-10-12/h6-7,11-12H,2-5,8-10H2,1H3;6-7,11-12,19H,2-5,8-10H2,1H3/t2*12-/m11/s1. The highest BCUT2D eigenvalue weighted by molar-refractivity contribution is 7.88. The largest absolute Gasteiger partial charge is 0.534 e. The Morgan fingerprint density at radius 2 is 1.26 bits per heavy atom. The molecule has 2 fully saturated rings. The van der Waals surface area contributed by atoms with Crippen LogP contribution in [0.5, 0.6) is 23.0 Å². The normalized spacial score (nSPS) is 21.4. The molecule has 0 radical (unpaired) electrons. The molecule has 0 aromatic heterocycles. The van der Waals surface area contributed by atoms with Gasteiger partial charge in [-0.1, -0.05) is 26.7 Å². The maximum absolute atomic E-state index is 14.1. The molecule has 0 saturated heterocycles. The van der Waals surface area contributed by atoms with Gasteiger partial charge in [0.1, 0.15) is 24.7 Å². The molecule has 6 rings (SSSR count). The van der Waals surface area contributed by atoms with Crippen LogP contribution in [-0.2, 0) is 23.0 Å². The van der Waals surface area contributed by atoms with Gasteiger partial charge in [-0.15, -0.1) is 0 Å². The molecule has 2 atom stereocenters. The minimum Gasteiger partial charge on any atom is -0.508 e. The molecule has 0 spiro atoms. The van der Waals surface area contributed by atoms with Gasteiger partial charge in [0.15, 0.2) is 23.1 Å². The first-order valence-corrected chi connectivity index (χ1v) is 17.8. The molecule has 2 saturated carbocycles. The Kier molecular flexibility index (Phi) is 11.1. The van der Waals surface area contributed by atoms with Crippen molar-refractivity contribution in [3.8, 4) is 23.0 Å². The lowest BCUT2D eigenvalue weighted by molar-refractivity contribution is -0.0500. The van der Waals surface area contributed by atoms with Crippen molar-refractivity contribution in [2.75, 3.05) is 26.3 Å². The van der Waals surface area contributed by atoms with E-state index in [0.29, 0.717) is 30.7 Å². The minimum atomic E-state index is -5.85. The number of fused-ring (bicyclic) bond motifs is 2. The predicted octanol–water partition coefficient (Wildman–Crippen LogP) is 6.72. The zero-order valence-electron chi connectivity index (χ0n) is 26.7. The lowest BCUT2D eigenvalue weighted by Crippen LogP contribution is -2.51. The third kappa shape index (κ3) is 7.75. The zero-order valence-corrected chi connectivity index (χ0v) is 27.5. The van der Waals surface area contributed by atoms with E-state index in [4.69, 9.17) is 9.47 Å². The second-order valence-electron chi connectivity index (χ2n) is 12.7. The van der Waals surface area contributed by atoms with E-state index in [1.54, 1.807) is 0 Å². The number of alkyl halides is 3. The van der Waals surface area contributed by atoms with Crippen LogP contribution in [0.2, 0.25) is 0 Å². The number of phenols is 1. The summed E-state index contributed by atoms with van der Waals surface area (Å²) in [5.74, 6) is -1.53. The molecule has 2 aliphatic heterocycles. The van der Waals surface area contributed by atoms with Gasteiger partial charge in [-0.05, 0) is 88.7 Å². The minimum absolute atomic E-state index is 0.0134. The fourth-order valence-electron chi connectivity index (χ4n) is 6.77. The molecule has 2 aliphatic carbocycles. The van der Waals surface area contributed by atoms with E-state index in [2.05, 4.69) is 20.9 Å². The monoisotopic (exact) mass is 690 g/mol. The number of aromatic hydroxyl groups is 1. The number of nitrogens with zero attached hydrogens (tertiary/aromatic N) is 2. The summed E-state index contributed by atoms with van der Waals surface area (Å²) in [5.41, 5.74) is -4.93. The van der Waals surface area contributed by atoms with E-state index in [0.717, 1.165) is 57.3 Å². The van der Waals surface area contributed by atoms with Crippen molar-refractivity contribution in [1.29, 1.82) is 0 Å². The Morgan fingerprint density at radius 3 is 1.70 bits per heavy atom. The van der Waals surface area contributed by atoms with Gasteiger partial charge in [0.05, 0.1) is 0 Å². The van der Waals surface area contributed by atoms with Crippen LogP contribution in [-0.4, -0.2) is 79.3 Å². The Bertz CT molecular complexity index is 1500. The molecule has 47 heavy (non-hydrogen) atoms. The van der Waals surface area contributed by atoms with Gasteiger partial charge < -0.3 is 18.8 Å². The fraction of sp³-hybridized carbons (Fsp3) is 0.636. The summed E-state index contributed by atoms with van der Waals surface area (Å²) in [6.45, 7) is 6.73. The molecule has 1 N–H and O–H groups in total. The summed E-state index contributed by atoms with van der Waals surface area (Å²) >= 11 is 0. The SMILES string of the molecule is CCCN(C1CCC1)[C@H]1COc2c(F)ccc(O)c2C1.CCCN(C1CCC1)[C@H]1COc2c(F)ccc(OS(=O)(=O)C(F)(F)F)c2C1. The summed E-state index contributed by atoms with van der Waals surface area (Å²) in [6, 6.07) is 5.50. The number of benzene rings is 2. The molecular weight excluding hydrogens is 647 g/mol. The number of rotatable bonds is 10. The molecule has 2 heterocycles. The molecule has 2 aromatic rings. The molecule has 0 bridgehead atoms. The van der Waals surface area contributed by atoms with E-state index in [9.17, 15) is 35.5 Å². The number of halogens is 5. The zero-order chi connectivity index (χ0) is 33.9. The van der Waals surface area contributed by atoms with Crippen LogP contribution in [0.3, 0.4) is 0 Å². The third-order valence-electron chi connectivity index (χ3n) is 9.55. The van der Waals surface area contributed by atoms with Crippen molar-refractivity contribution >= 4 is 10.1 Å². The molecule has 2 aromatic carbocycles. The highest BCUT2D eigenvalue weighted by atomic mass is 32.2. The van der Waals surface area contributed by atoms with Gasteiger partial charge in [-0.25, -0.2) is 8.78 Å². The first kappa shape index (κ1) is 35.5. The average molecular weight is 691 g/mol. The maximum atomic E-state index is 14.1. The maximum Gasteiger partial charge on any atom is 0.534 e. The topological polar surface area (TPSA) is 88.5 Å². The summed E-state index contributed by atoms with van der Waals surface area (Å²) < 4.78 is 104. The second kappa shape index (κ2) is 14.7. The summed E-state index contributed by atoms with van der Waals surface area (Å²) in [4.78, 5) is 4.72. The van der Waals surface area contributed by atoms with Gasteiger partial charge in [-0.3, -0.25) is 9.80 Å². The van der Waals surface area contributed by atoms with E-state index in [1.807, 2.05) is 6.92 Å². The lowest BCUT2D eigenvalue weighted by atomic mass is 9.88. The number of hydrogen-bond acceptors (Lipinski definition) is 8. The summed E-state index contributed by atoms with van der Waals surface area (Å²) in [6.07, 6.45) is 9.79. The van der Waals surface area contributed by atoms with Crippen molar-refractivity contribution in [1.82, 2.24) is 9.80 Å². The molecule has 4 aliphatic rings. The smallest absolute Gasteiger partial charge is 0.508 e. The van der Waals surface area contributed by atoms with Gasteiger partial charge in [0.2, 0.25) is 0 Å². The Balaban J connectivity index is 0.000000193. The van der Waals surface area contributed by atoms with Gasteiger partial charge in [0.25, 0.3) is 0 Å². The highest BCUT2D eigenvalue weighted by Gasteiger charge is 2.49. The van der Waals surface area contributed by atoms with Crippen LogP contribution in [0.15, 0.2) is 24.3 Å². The van der Waals surface area contributed by atoms with Gasteiger partial charge >= 0.3 is 15.6 Å². The fourth-order valence-corrected chi connectivity index (χ4v) is 7.26. The van der Waals surface area contributed by atoms with E-state index in [-0.39, 0.29) is 53.7 Å². The van der Waals surface area contributed by atoms with E-state index < -0.39 is 27.2 Å². The molecule has 262 valence electrons. The van der Waals surface area contributed by atoms with Crippen molar-refractivity contribution in [3.05, 3.63) is 47.0 Å². The third-order valence-corrected chi connectivity index (χ3v) is 10.5. The first-order valence-electron chi connectivity index (χ1n) is 16.4. The quantitative estimate of drug-likeness (QED) is 0.167. The van der Waals surface area contributed by atoms with Crippen LogP contribution in [0.1, 0.15) is 76.3 Å². The molecule has 0 unspecified atom stereocenters. The van der Waals surface area contributed by atoms with Crippen LogP contribution in [0.25, 0.3) is 0 Å². The Morgan fingerprint density at radius 1 is 0.787 bits per heavy atom. The Labute approximate surface area is 272 Å². The van der Waals surface area contributed by atoms with E-state index >= 15 is 0 Å². The predicted molar refractivity (Wildman–Crippen MR) is 165 cm³/mol. The number of phenolic OH excluding ortho intramolecular Hbond substituents is 1. The number of hydrogen-bond donors (Lipinski definition) is 1. The lowest BCUT2D eigenvalue weighted by Gasteiger charge is -2.44. The van der Waals surface area contributed by atoms with Crippen molar-refractivity contribution in [3.63, 3.8) is 0 Å². The van der Waals surface area contributed by atoms with Crippen LogP contribution >= 0.6 is 0 Å². The summed E-state index contributed by atoms with van der Waals surface area (Å²) in [5, 5.41) is 9.95. The molecule has 8 nitrogen and oxygen atoms in total. The van der Waals surface area contributed by atoms with Crippen molar-refractivity contribution < 1.29 is 49.1 Å². The van der Waals surface area contributed by atoms with Crippen LogP contribution in [0, 0.1) is 11.6 Å². The average Bonchev–Trinajstić information content (AvgIpc) is 2.98. The Hall–Kier alpha value is -2.84. The van der Waals surface area contributed by atoms with Gasteiger partial charge in [0, 0.05) is 35.3 Å². The van der Waals surface area contributed by atoms with Crippen molar-refractivity contribution in [2.24, 2.45) is 0 Å². The highest BCUT2D eigenvalue weighted by Crippen LogP contribution is 2.41.